The SMILES string of the molecule is N#Cc1ccc(O)c(C(=O)NC(=N)N)c1Oc1ccccc1. The summed E-state index contributed by atoms with van der Waals surface area (Å²) in [6.07, 6.45) is 0. The Labute approximate surface area is 126 Å². The average Bonchev–Trinajstić information content (AvgIpc) is 2.48. The van der Waals surface area contributed by atoms with Crippen molar-refractivity contribution in [3.05, 3.63) is 53.6 Å². The molecule has 1 amide bonds. The molecule has 0 aliphatic carbocycles. The molecular formula is C15H12N4O3. The number of para-hydroxylation sites is 1. The first kappa shape index (κ1) is 14.9. The van der Waals surface area contributed by atoms with E-state index in [9.17, 15) is 9.90 Å². The number of carbonyl (C=O) groups is 1. The van der Waals surface area contributed by atoms with Gasteiger partial charge in [-0.05, 0) is 24.3 Å². The van der Waals surface area contributed by atoms with E-state index in [1.165, 1.54) is 12.1 Å². The smallest absolute Gasteiger partial charge is 0.265 e. The van der Waals surface area contributed by atoms with E-state index in [-0.39, 0.29) is 22.6 Å². The minimum absolute atomic E-state index is 0.0651. The molecule has 0 spiro atoms. The third-order valence-corrected chi connectivity index (χ3v) is 2.69. The van der Waals surface area contributed by atoms with E-state index in [2.05, 4.69) is 5.32 Å². The molecule has 0 aromatic heterocycles. The molecule has 7 nitrogen and oxygen atoms in total. The van der Waals surface area contributed by atoms with Crippen molar-refractivity contribution in [1.29, 1.82) is 10.7 Å². The van der Waals surface area contributed by atoms with Gasteiger partial charge in [0, 0.05) is 0 Å². The van der Waals surface area contributed by atoms with Crippen molar-refractivity contribution in [2.24, 2.45) is 5.73 Å². The second kappa shape index (κ2) is 6.28. The van der Waals surface area contributed by atoms with Gasteiger partial charge in [0.05, 0.1) is 5.56 Å². The molecule has 7 heteroatoms. The summed E-state index contributed by atoms with van der Waals surface area (Å²) in [5.41, 5.74) is 4.92. The van der Waals surface area contributed by atoms with Gasteiger partial charge in [-0.1, -0.05) is 18.2 Å². The van der Waals surface area contributed by atoms with Gasteiger partial charge in [-0.25, -0.2) is 0 Å². The van der Waals surface area contributed by atoms with Gasteiger partial charge >= 0.3 is 0 Å². The number of nitrogens with one attached hydrogen (secondary N) is 2. The van der Waals surface area contributed by atoms with Gasteiger partial charge in [0.1, 0.15) is 23.1 Å². The zero-order valence-corrected chi connectivity index (χ0v) is 11.3. The van der Waals surface area contributed by atoms with Crippen molar-refractivity contribution in [1.82, 2.24) is 5.32 Å². The Balaban J connectivity index is 2.54. The maximum atomic E-state index is 12.1. The fourth-order valence-electron chi connectivity index (χ4n) is 1.78. The minimum atomic E-state index is -0.840. The number of guanidine groups is 1. The Morgan fingerprint density at radius 1 is 1.27 bits per heavy atom. The summed E-state index contributed by atoms with van der Waals surface area (Å²) in [7, 11) is 0. The summed E-state index contributed by atoms with van der Waals surface area (Å²) >= 11 is 0. The van der Waals surface area contributed by atoms with Crippen LogP contribution in [0.4, 0.5) is 0 Å². The minimum Gasteiger partial charge on any atom is -0.507 e. The Kier molecular flexibility index (Phi) is 4.24. The molecule has 0 fully saturated rings. The predicted octanol–water partition coefficient (Wildman–Crippen LogP) is 1.68. The molecule has 0 aliphatic heterocycles. The van der Waals surface area contributed by atoms with Gasteiger partial charge in [-0.3, -0.25) is 15.5 Å². The van der Waals surface area contributed by atoms with Crippen molar-refractivity contribution in [2.45, 2.75) is 0 Å². The van der Waals surface area contributed by atoms with Crippen LogP contribution in [0.15, 0.2) is 42.5 Å². The highest BCUT2D eigenvalue weighted by molar-refractivity contribution is 6.08. The highest BCUT2D eigenvalue weighted by atomic mass is 16.5. The molecule has 2 aromatic rings. The predicted molar refractivity (Wildman–Crippen MR) is 78.7 cm³/mol. The molecule has 0 atom stereocenters. The normalized spacial score (nSPS) is 9.59. The average molecular weight is 296 g/mol. The summed E-state index contributed by atoms with van der Waals surface area (Å²) in [5.74, 6) is -1.52. The van der Waals surface area contributed by atoms with Gasteiger partial charge in [0.15, 0.2) is 11.7 Å². The van der Waals surface area contributed by atoms with Crippen LogP contribution in [-0.4, -0.2) is 17.0 Å². The quantitative estimate of drug-likeness (QED) is 0.505. The molecule has 0 heterocycles. The number of benzene rings is 2. The van der Waals surface area contributed by atoms with Crippen LogP contribution in [0.2, 0.25) is 0 Å². The lowest BCUT2D eigenvalue weighted by molar-refractivity contribution is 0.0971. The van der Waals surface area contributed by atoms with Crippen LogP contribution in [-0.2, 0) is 0 Å². The summed E-state index contributed by atoms with van der Waals surface area (Å²) < 4.78 is 5.56. The van der Waals surface area contributed by atoms with Crippen LogP contribution in [0.5, 0.6) is 17.2 Å². The van der Waals surface area contributed by atoms with Crippen LogP contribution >= 0.6 is 0 Å². The number of ether oxygens (including phenoxy) is 1. The molecule has 0 bridgehead atoms. The fraction of sp³-hybridized carbons (Fsp3) is 0. The Bertz CT molecular complexity index is 766. The second-order valence-corrected chi connectivity index (χ2v) is 4.23. The maximum absolute atomic E-state index is 12.1. The first-order chi connectivity index (χ1) is 10.5. The number of carbonyl (C=O) groups excluding carboxylic acids is 1. The molecule has 2 rings (SSSR count). The van der Waals surface area contributed by atoms with Crippen LogP contribution in [0.1, 0.15) is 15.9 Å². The number of nitrogens with two attached hydrogens (primary N) is 1. The zero-order valence-electron chi connectivity index (χ0n) is 11.3. The van der Waals surface area contributed by atoms with E-state index in [1.54, 1.807) is 30.3 Å². The van der Waals surface area contributed by atoms with Crippen LogP contribution in [0.3, 0.4) is 0 Å². The standard InChI is InChI=1S/C15H12N4O3/c16-8-9-6-7-11(20)12(14(21)19-15(17)18)13(9)22-10-4-2-1-3-5-10/h1-7,20H,(H4,17,18,19,21). The topological polar surface area (TPSA) is 132 Å². The van der Waals surface area contributed by atoms with Crippen molar-refractivity contribution < 1.29 is 14.6 Å². The van der Waals surface area contributed by atoms with E-state index >= 15 is 0 Å². The third-order valence-electron chi connectivity index (χ3n) is 2.69. The highest BCUT2D eigenvalue weighted by Crippen LogP contribution is 2.34. The van der Waals surface area contributed by atoms with Gasteiger partial charge in [-0.15, -0.1) is 0 Å². The van der Waals surface area contributed by atoms with Gasteiger partial charge in [-0.2, -0.15) is 5.26 Å². The summed E-state index contributed by atoms with van der Waals surface area (Å²) in [6, 6.07) is 12.9. The molecular weight excluding hydrogens is 284 g/mol. The first-order valence-electron chi connectivity index (χ1n) is 6.17. The molecule has 110 valence electrons. The number of aromatic hydroxyl groups is 1. The third kappa shape index (κ3) is 3.13. The number of rotatable bonds is 3. The van der Waals surface area contributed by atoms with Crippen molar-refractivity contribution in [3.63, 3.8) is 0 Å². The number of amides is 1. The number of hydrogen-bond donors (Lipinski definition) is 4. The monoisotopic (exact) mass is 296 g/mol. The Morgan fingerprint density at radius 3 is 2.55 bits per heavy atom. The Hall–Kier alpha value is -3.53. The maximum Gasteiger partial charge on any atom is 0.265 e. The van der Waals surface area contributed by atoms with Gasteiger partial charge in [0.2, 0.25) is 0 Å². The molecule has 22 heavy (non-hydrogen) atoms. The molecule has 2 aromatic carbocycles. The molecule has 0 unspecified atom stereocenters. The van der Waals surface area contributed by atoms with Crippen molar-refractivity contribution in [2.75, 3.05) is 0 Å². The van der Waals surface area contributed by atoms with Gasteiger partial charge in [0.25, 0.3) is 5.91 Å². The first-order valence-corrected chi connectivity index (χ1v) is 6.17. The molecule has 0 saturated heterocycles. The Morgan fingerprint density at radius 2 is 1.95 bits per heavy atom. The fourth-order valence-corrected chi connectivity index (χ4v) is 1.78. The van der Waals surface area contributed by atoms with E-state index in [0.717, 1.165) is 0 Å². The highest BCUT2D eigenvalue weighted by Gasteiger charge is 2.22. The number of hydrogen-bond acceptors (Lipinski definition) is 5. The van der Waals surface area contributed by atoms with E-state index in [0.29, 0.717) is 5.75 Å². The molecule has 5 N–H and O–H groups in total. The van der Waals surface area contributed by atoms with Crippen molar-refractivity contribution >= 4 is 11.9 Å². The molecule has 0 radical (unpaired) electrons. The number of phenolic OH excluding ortho intramolecular Hbond substituents is 1. The lowest BCUT2D eigenvalue weighted by atomic mass is 10.1. The van der Waals surface area contributed by atoms with E-state index in [4.69, 9.17) is 21.1 Å². The number of nitriles is 1. The number of nitrogens with zero attached hydrogens (tertiary/aromatic N) is 1. The van der Waals surface area contributed by atoms with Crippen LogP contribution in [0, 0.1) is 16.7 Å². The lowest BCUT2D eigenvalue weighted by Crippen LogP contribution is -2.35. The molecule has 0 saturated carbocycles. The molecule has 0 aliphatic rings. The van der Waals surface area contributed by atoms with E-state index in [1.807, 2.05) is 6.07 Å². The van der Waals surface area contributed by atoms with E-state index < -0.39 is 11.9 Å². The van der Waals surface area contributed by atoms with Gasteiger partial charge < -0.3 is 15.6 Å². The van der Waals surface area contributed by atoms with Crippen LogP contribution in [0.25, 0.3) is 0 Å². The summed E-state index contributed by atoms with van der Waals surface area (Å²) in [5, 5.41) is 28.2. The lowest BCUT2D eigenvalue weighted by Gasteiger charge is -2.13. The largest absolute Gasteiger partial charge is 0.507 e. The zero-order chi connectivity index (χ0) is 16.1. The summed E-state index contributed by atoms with van der Waals surface area (Å²) in [4.78, 5) is 12.1. The number of phenols is 1. The van der Waals surface area contributed by atoms with Crippen molar-refractivity contribution in [3.8, 4) is 23.3 Å². The second-order valence-electron chi connectivity index (χ2n) is 4.23. The summed E-state index contributed by atoms with van der Waals surface area (Å²) in [6.45, 7) is 0. The van der Waals surface area contributed by atoms with Crippen LogP contribution < -0.4 is 15.8 Å².